The monoisotopic (exact) mass is 399 g/mol. The van der Waals surface area contributed by atoms with Gasteiger partial charge >= 0.3 is 12.0 Å². The standard InChI is InChI=1S/C19H21N5O3S/c1-2-27-16(25)11-21-19(26)23-9-7-13(12-23)24-17-14(5-3-8-20-17)22-18(24)15-6-4-10-28-15/h3-6,8,10,13H,2,7,9,11-12H2,1H3,(H,21,26). The van der Waals surface area contributed by atoms with Gasteiger partial charge in [0.05, 0.1) is 17.5 Å². The minimum Gasteiger partial charge on any atom is -0.465 e. The maximum atomic E-state index is 12.4. The lowest BCUT2D eigenvalue weighted by atomic mass is 10.2. The smallest absolute Gasteiger partial charge is 0.325 e. The molecule has 1 aliphatic heterocycles. The normalized spacial score (nSPS) is 16.5. The summed E-state index contributed by atoms with van der Waals surface area (Å²) in [4.78, 5) is 36.0. The van der Waals surface area contributed by atoms with Gasteiger partial charge in [-0.1, -0.05) is 6.07 Å². The third-order valence-corrected chi connectivity index (χ3v) is 5.56. The molecule has 1 saturated heterocycles. The molecular weight excluding hydrogens is 378 g/mol. The van der Waals surface area contributed by atoms with Gasteiger partial charge in [0.2, 0.25) is 0 Å². The Morgan fingerprint density at radius 3 is 3.04 bits per heavy atom. The molecule has 0 aliphatic carbocycles. The van der Waals surface area contributed by atoms with Gasteiger partial charge in [-0.2, -0.15) is 0 Å². The maximum absolute atomic E-state index is 12.4. The van der Waals surface area contributed by atoms with Crippen LogP contribution in [0, 0.1) is 0 Å². The Bertz CT molecular complexity index is 985. The van der Waals surface area contributed by atoms with Crippen molar-refractivity contribution >= 4 is 34.5 Å². The molecule has 0 saturated carbocycles. The predicted molar refractivity (Wildman–Crippen MR) is 106 cm³/mol. The van der Waals surface area contributed by atoms with Gasteiger partial charge in [0.15, 0.2) is 11.5 Å². The van der Waals surface area contributed by atoms with E-state index in [0.717, 1.165) is 28.3 Å². The number of fused-ring (bicyclic) bond motifs is 1. The lowest BCUT2D eigenvalue weighted by Crippen LogP contribution is -2.41. The van der Waals surface area contributed by atoms with E-state index < -0.39 is 5.97 Å². The van der Waals surface area contributed by atoms with Crippen molar-refractivity contribution in [2.75, 3.05) is 26.2 Å². The molecule has 0 aromatic carbocycles. The van der Waals surface area contributed by atoms with Crippen molar-refractivity contribution in [3.63, 3.8) is 0 Å². The summed E-state index contributed by atoms with van der Waals surface area (Å²) in [6.45, 7) is 3.06. The Morgan fingerprint density at radius 2 is 2.25 bits per heavy atom. The number of likely N-dealkylation sites (tertiary alicyclic amines) is 1. The lowest BCUT2D eigenvalue weighted by molar-refractivity contribution is -0.141. The van der Waals surface area contributed by atoms with Gasteiger partial charge in [-0.15, -0.1) is 11.3 Å². The fourth-order valence-corrected chi connectivity index (χ4v) is 4.17. The number of esters is 1. The molecule has 1 unspecified atom stereocenters. The van der Waals surface area contributed by atoms with Crippen LogP contribution in [-0.4, -0.2) is 57.7 Å². The average molecular weight is 399 g/mol. The van der Waals surface area contributed by atoms with Crippen molar-refractivity contribution in [1.82, 2.24) is 24.8 Å². The summed E-state index contributed by atoms with van der Waals surface area (Å²) in [6.07, 6.45) is 2.56. The Hall–Kier alpha value is -2.94. The molecule has 1 N–H and O–H groups in total. The number of thiophene rings is 1. The van der Waals surface area contributed by atoms with Crippen LogP contribution in [0.15, 0.2) is 35.8 Å². The molecule has 28 heavy (non-hydrogen) atoms. The molecule has 1 aliphatic rings. The van der Waals surface area contributed by atoms with Crippen molar-refractivity contribution in [2.24, 2.45) is 0 Å². The average Bonchev–Trinajstić information content (AvgIpc) is 3.44. The molecule has 0 bridgehead atoms. The van der Waals surface area contributed by atoms with Crippen LogP contribution < -0.4 is 5.32 Å². The van der Waals surface area contributed by atoms with Crippen LogP contribution in [0.3, 0.4) is 0 Å². The minimum atomic E-state index is -0.434. The van der Waals surface area contributed by atoms with Crippen LogP contribution in [0.2, 0.25) is 0 Å². The van der Waals surface area contributed by atoms with Gasteiger partial charge in [-0.25, -0.2) is 14.8 Å². The Morgan fingerprint density at radius 1 is 1.36 bits per heavy atom. The molecule has 0 radical (unpaired) electrons. The molecule has 0 spiro atoms. The zero-order valence-electron chi connectivity index (χ0n) is 15.5. The Labute approximate surface area is 166 Å². The van der Waals surface area contributed by atoms with Gasteiger partial charge in [0.25, 0.3) is 0 Å². The molecule has 1 fully saturated rings. The van der Waals surface area contributed by atoms with Crippen molar-refractivity contribution in [3.05, 3.63) is 35.8 Å². The first-order chi connectivity index (χ1) is 13.7. The zero-order valence-corrected chi connectivity index (χ0v) is 16.3. The van der Waals surface area contributed by atoms with Crippen LogP contribution in [0.4, 0.5) is 4.79 Å². The van der Waals surface area contributed by atoms with E-state index in [1.807, 2.05) is 29.6 Å². The highest BCUT2D eigenvalue weighted by molar-refractivity contribution is 7.13. The zero-order chi connectivity index (χ0) is 19.5. The third kappa shape index (κ3) is 3.57. The van der Waals surface area contributed by atoms with E-state index in [0.29, 0.717) is 19.7 Å². The first-order valence-electron chi connectivity index (χ1n) is 9.22. The molecule has 4 heterocycles. The Kier molecular flexibility index (Phi) is 5.25. The molecule has 146 valence electrons. The van der Waals surface area contributed by atoms with Crippen molar-refractivity contribution in [1.29, 1.82) is 0 Å². The van der Waals surface area contributed by atoms with Gasteiger partial charge in [-0.05, 0) is 36.9 Å². The second-order valence-electron chi connectivity index (χ2n) is 6.48. The first-order valence-corrected chi connectivity index (χ1v) is 10.1. The van der Waals surface area contributed by atoms with Crippen LogP contribution in [0.1, 0.15) is 19.4 Å². The van der Waals surface area contributed by atoms with Gasteiger partial charge in [0.1, 0.15) is 12.1 Å². The number of pyridine rings is 1. The molecule has 9 heteroatoms. The van der Waals surface area contributed by atoms with E-state index >= 15 is 0 Å². The van der Waals surface area contributed by atoms with Crippen molar-refractivity contribution < 1.29 is 14.3 Å². The summed E-state index contributed by atoms with van der Waals surface area (Å²) in [5, 5.41) is 4.65. The summed E-state index contributed by atoms with van der Waals surface area (Å²) in [6, 6.07) is 7.69. The molecular formula is C19H21N5O3S. The number of carbonyl (C=O) groups is 2. The highest BCUT2D eigenvalue weighted by Crippen LogP contribution is 2.33. The molecule has 8 nitrogen and oxygen atoms in total. The molecule has 4 rings (SSSR count). The van der Waals surface area contributed by atoms with Gasteiger partial charge in [0, 0.05) is 19.3 Å². The number of aromatic nitrogens is 3. The third-order valence-electron chi connectivity index (χ3n) is 4.70. The van der Waals surface area contributed by atoms with E-state index in [9.17, 15) is 9.59 Å². The van der Waals surface area contributed by atoms with Crippen LogP contribution in [0.25, 0.3) is 21.9 Å². The number of rotatable bonds is 5. The number of nitrogens with zero attached hydrogens (tertiary/aromatic N) is 4. The summed E-state index contributed by atoms with van der Waals surface area (Å²) < 4.78 is 6.99. The minimum absolute atomic E-state index is 0.0744. The van der Waals surface area contributed by atoms with Crippen LogP contribution in [0.5, 0.6) is 0 Å². The number of hydrogen-bond donors (Lipinski definition) is 1. The van der Waals surface area contributed by atoms with E-state index in [1.54, 1.807) is 29.4 Å². The summed E-state index contributed by atoms with van der Waals surface area (Å²) >= 11 is 1.63. The topological polar surface area (TPSA) is 89.4 Å². The van der Waals surface area contributed by atoms with Gasteiger partial charge < -0.3 is 19.5 Å². The predicted octanol–water partition coefficient (Wildman–Crippen LogP) is 2.68. The number of nitrogens with one attached hydrogen (secondary N) is 1. The highest BCUT2D eigenvalue weighted by atomic mass is 32.1. The van der Waals surface area contributed by atoms with Crippen molar-refractivity contribution in [2.45, 2.75) is 19.4 Å². The molecule has 3 aromatic rings. The summed E-state index contributed by atoms with van der Waals surface area (Å²) in [7, 11) is 0. The van der Waals surface area contributed by atoms with E-state index in [-0.39, 0.29) is 18.6 Å². The van der Waals surface area contributed by atoms with Crippen LogP contribution >= 0.6 is 11.3 Å². The molecule has 1 atom stereocenters. The highest BCUT2D eigenvalue weighted by Gasteiger charge is 2.31. The lowest BCUT2D eigenvalue weighted by Gasteiger charge is -2.19. The fourth-order valence-electron chi connectivity index (χ4n) is 3.46. The fraction of sp³-hybridized carbons (Fsp3) is 0.368. The quantitative estimate of drug-likeness (QED) is 0.667. The molecule has 3 aromatic heterocycles. The summed E-state index contributed by atoms with van der Waals surface area (Å²) in [5.74, 6) is 0.443. The maximum Gasteiger partial charge on any atom is 0.325 e. The van der Waals surface area contributed by atoms with E-state index in [2.05, 4.69) is 14.9 Å². The second-order valence-corrected chi connectivity index (χ2v) is 7.43. The SMILES string of the molecule is CCOC(=O)CNC(=O)N1CCC(n2c(-c3cccs3)nc3cccnc32)C1. The van der Waals surface area contributed by atoms with E-state index in [1.165, 1.54) is 0 Å². The summed E-state index contributed by atoms with van der Waals surface area (Å²) in [5.41, 5.74) is 1.67. The van der Waals surface area contributed by atoms with Gasteiger partial charge in [-0.3, -0.25) is 4.79 Å². The van der Waals surface area contributed by atoms with Crippen LogP contribution in [-0.2, 0) is 9.53 Å². The van der Waals surface area contributed by atoms with E-state index in [4.69, 9.17) is 9.72 Å². The number of ether oxygens (including phenoxy) is 1. The second kappa shape index (κ2) is 7.97. The Balaban J connectivity index is 1.54. The largest absolute Gasteiger partial charge is 0.465 e. The van der Waals surface area contributed by atoms with Crippen molar-refractivity contribution in [3.8, 4) is 10.7 Å². The first kappa shape index (κ1) is 18.4. The number of imidazole rings is 1. The number of carbonyl (C=O) groups excluding carboxylic acids is 2. The molecule has 2 amide bonds. The number of hydrogen-bond acceptors (Lipinski definition) is 6. The number of amides is 2. The number of urea groups is 1.